The molecule has 8 heteroatoms. The first-order valence-corrected chi connectivity index (χ1v) is 10.8. The minimum atomic E-state index is -0.902. The van der Waals surface area contributed by atoms with Crippen LogP contribution in [-0.4, -0.2) is 41.8 Å². The van der Waals surface area contributed by atoms with E-state index in [9.17, 15) is 14.4 Å². The number of para-hydroxylation sites is 1. The highest BCUT2D eigenvalue weighted by atomic mass is 16.4. The first-order valence-electron chi connectivity index (χ1n) is 10.8. The Kier molecular flexibility index (Phi) is 8.36. The number of aryl methyl sites for hydroxylation is 1. The van der Waals surface area contributed by atoms with Crippen LogP contribution in [0.15, 0.2) is 53.5 Å². The number of carbonyl (C=O) groups excluding carboxylic acids is 2. The van der Waals surface area contributed by atoms with Gasteiger partial charge in [-0.25, -0.2) is 0 Å². The zero-order valence-electron chi connectivity index (χ0n) is 17.9. The van der Waals surface area contributed by atoms with Crippen molar-refractivity contribution in [3.63, 3.8) is 0 Å². The monoisotopic (exact) mass is 436 g/mol. The molecule has 1 aliphatic heterocycles. The zero-order chi connectivity index (χ0) is 22.8. The quantitative estimate of drug-likeness (QED) is 0.505. The fourth-order valence-electron chi connectivity index (χ4n) is 3.44. The Hall–Kier alpha value is -3.68. The molecule has 0 spiro atoms. The third-order valence-electron chi connectivity index (χ3n) is 5.10. The summed E-state index contributed by atoms with van der Waals surface area (Å²) in [6, 6.07) is 14.1. The normalized spacial score (nSPS) is 13.4. The molecule has 0 saturated heterocycles. The standard InChI is InChI=1S/C24H28N4O4/c29-22(28-20-10-4-3-7-17(20)12-13-23(30)31)16-26-24(32)18-8-6-9-19(15-18)27-21-11-2-1-5-14-25-21/h3-4,6-10,15H,1-2,5,11-14,16H2,(H,25,27)(H,26,32)(H,28,29)(H,30,31). The van der Waals surface area contributed by atoms with Gasteiger partial charge >= 0.3 is 5.97 Å². The SMILES string of the molecule is O=C(O)CCc1ccccc1NC(=O)CNC(=O)c1cccc(NC2=NCCCCC2)c1. The van der Waals surface area contributed by atoms with Gasteiger partial charge in [0.15, 0.2) is 0 Å². The van der Waals surface area contributed by atoms with Gasteiger partial charge in [0, 0.05) is 36.3 Å². The Bertz CT molecular complexity index is 1000. The van der Waals surface area contributed by atoms with Gasteiger partial charge in [-0.15, -0.1) is 0 Å². The maximum Gasteiger partial charge on any atom is 0.303 e. The number of nitrogens with one attached hydrogen (secondary N) is 3. The number of amidine groups is 1. The van der Waals surface area contributed by atoms with Gasteiger partial charge < -0.3 is 21.1 Å². The van der Waals surface area contributed by atoms with E-state index in [1.54, 1.807) is 42.5 Å². The Morgan fingerprint density at radius 1 is 1.00 bits per heavy atom. The molecule has 0 atom stereocenters. The molecule has 8 nitrogen and oxygen atoms in total. The van der Waals surface area contributed by atoms with Crippen molar-refractivity contribution in [1.82, 2.24) is 5.32 Å². The van der Waals surface area contributed by atoms with Crippen LogP contribution in [0.25, 0.3) is 0 Å². The van der Waals surface area contributed by atoms with E-state index >= 15 is 0 Å². The second kappa shape index (κ2) is 11.6. The van der Waals surface area contributed by atoms with Gasteiger partial charge in [-0.05, 0) is 49.1 Å². The molecule has 1 heterocycles. The van der Waals surface area contributed by atoms with E-state index < -0.39 is 5.97 Å². The third kappa shape index (κ3) is 7.23. The van der Waals surface area contributed by atoms with Crippen LogP contribution in [0.5, 0.6) is 0 Å². The number of nitrogens with zero attached hydrogens (tertiary/aromatic N) is 1. The number of carboxylic acid groups (broad SMARTS) is 1. The van der Waals surface area contributed by atoms with Crippen molar-refractivity contribution >= 4 is 35.0 Å². The van der Waals surface area contributed by atoms with Gasteiger partial charge in [-0.2, -0.15) is 0 Å². The van der Waals surface area contributed by atoms with Crippen LogP contribution in [0.1, 0.15) is 48.0 Å². The van der Waals surface area contributed by atoms with Crippen molar-refractivity contribution in [2.45, 2.75) is 38.5 Å². The lowest BCUT2D eigenvalue weighted by molar-refractivity contribution is -0.137. The van der Waals surface area contributed by atoms with Crippen molar-refractivity contribution in [2.24, 2.45) is 4.99 Å². The Morgan fingerprint density at radius 3 is 2.69 bits per heavy atom. The third-order valence-corrected chi connectivity index (χ3v) is 5.10. The number of rotatable bonds is 8. The summed E-state index contributed by atoms with van der Waals surface area (Å²) < 4.78 is 0. The molecule has 32 heavy (non-hydrogen) atoms. The average Bonchev–Trinajstić information content (AvgIpc) is 3.05. The van der Waals surface area contributed by atoms with Crippen molar-refractivity contribution in [3.05, 3.63) is 59.7 Å². The van der Waals surface area contributed by atoms with Gasteiger partial charge in [0.05, 0.1) is 6.54 Å². The highest BCUT2D eigenvalue weighted by Gasteiger charge is 2.12. The lowest BCUT2D eigenvalue weighted by Crippen LogP contribution is -2.33. The van der Waals surface area contributed by atoms with E-state index in [-0.39, 0.29) is 24.8 Å². The van der Waals surface area contributed by atoms with E-state index in [4.69, 9.17) is 5.11 Å². The molecule has 0 aliphatic carbocycles. The van der Waals surface area contributed by atoms with Crippen molar-refractivity contribution in [1.29, 1.82) is 0 Å². The molecular weight excluding hydrogens is 408 g/mol. The number of anilines is 2. The summed E-state index contributed by atoms with van der Waals surface area (Å²) in [5.74, 6) is -0.712. The molecule has 0 aromatic heterocycles. The highest BCUT2D eigenvalue weighted by molar-refractivity contribution is 6.01. The summed E-state index contributed by atoms with van der Waals surface area (Å²) in [6.45, 7) is 0.619. The first kappa shape index (κ1) is 23.0. The smallest absolute Gasteiger partial charge is 0.303 e. The molecule has 0 saturated carbocycles. The zero-order valence-corrected chi connectivity index (χ0v) is 17.9. The molecule has 2 amide bonds. The van der Waals surface area contributed by atoms with Gasteiger partial charge in [-0.3, -0.25) is 19.4 Å². The molecule has 3 rings (SSSR count). The van der Waals surface area contributed by atoms with Crippen molar-refractivity contribution in [3.8, 4) is 0 Å². The van der Waals surface area contributed by atoms with E-state index in [2.05, 4.69) is 20.9 Å². The highest BCUT2D eigenvalue weighted by Crippen LogP contribution is 2.17. The lowest BCUT2D eigenvalue weighted by atomic mass is 10.1. The van der Waals surface area contributed by atoms with Gasteiger partial charge in [-0.1, -0.05) is 30.7 Å². The number of amides is 2. The lowest BCUT2D eigenvalue weighted by Gasteiger charge is -2.12. The van der Waals surface area contributed by atoms with E-state index in [0.717, 1.165) is 42.9 Å². The number of carboxylic acids is 1. The number of carbonyl (C=O) groups is 3. The van der Waals surface area contributed by atoms with E-state index in [0.29, 0.717) is 17.7 Å². The fourth-order valence-corrected chi connectivity index (χ4v) is 3.44. The predicted molar refractivity (Wildman–Crippen MR) is 124 cm³/mol. The Labute approximate surface area is 187 Å². The second-order valence-electron chi connectivity index (χ2n) is 7.63. The van der Waals surface area contributed by atoms with Gasteiger partial charge in [0.25, 0.3) is 5.91 Å². The van der Waals surface area contributed by atoms with Crippen LogP contribution in [0, 0.1) is 0 Å². The molecule has 2 aromatic rings. The topological polar surface area (TPSA) is 120 Å². The van der Waals surface area contributed by atoms with Crippen LogP contribution < -0.4 is 16.0 Å². The van der Waals surface area contributed by atoms with Crippen LogP contribution in [-0.2, 0) is 16.0 Å². The maximum absolute atomic E-state index is 12.5. The summed E-state index contributed by atoms with van der Waals surface area (Å²) in [5, 5.41) is 17.5. The summed E-state index contributed by atoms with van der Waals surface area (Å²) in [5.41, 5.74) is 2.51. The molecule has 0 unspecified atom stereocenters. The number of aliphatic imine (C=N–C) groups is 1. The minimum Gasteiger partial charge on any atom is -0.481 e. The summed E-state index contributed by atoms with van der Waals surface area (Å²) in [7, 11) is 0. The number of hydrogen-bond donors (Lipinski definition) is 4. The largest absolute Gasteiger partial charge is 0.481 e. The molecule has 0 bridgehead atoms. The summed E-state index contributed by atoms with van der Waals surface area (Å²) in [6.07, 6.45) is 4.54. The van der Waals surface area contributed by atoms with Gasteiger partial charge in [0.2, 0.25) is 5.91 Å². The number of aliphatic carboxylic acids is 1. The molecule has 0 fully saturated rings. The van der Waals surface area contributed by atoms with Crippen molar-refractivity contribution < 1.29 is 19.5 Å². The van der Waals surface area contributed by atoms with Crippen molar-refractivity contribution in [2.75, 3.05) is 23.7 Å². The van der Waals surface area contributed by atoms with Gasteiger partial charge in [0.1, 0.15) is 5.84 Å². The maximum atomic E-state index is 12.5. The van der Waals surface area contributed by atoms with Crippen LogP contribution in [0.4, 0.5) is 11.4 Å². The van der Waals surface area contributed by atoms with Crippen LogP contribution in [0.3, 0.4) is 0 Å². The summed E-state index contributed by atoms with van der Waals surface area (Å²) in [4.78, 5) is 40.2. The van der Waals surface area contributed by atoms with Crippen LogP contribution in [0.2, 0.25) is 0 Å². The first-order chi connectivity index (χ1) is 15.5. The number of hydrogen-bond acceptors (Lipinski definition) is 5. The predicted octanol–water partition coefficient (Wildman–Crippen LogP) is 3.46. The molecule has 1 aliphatic rings. The average molecular weight is 437 g/mol. The number of benzene rings is 2. The Morgan fingerprint density at radius 2 is 1.84 bits per heavy atom. The molecule has 2 aromatic carbocycles. The molecular formula is C24H28N4O4. The van der Waals surface area contributed by atoms with E-state index in [1.807, 2.05) is 6.07 Å². The van der Waals surface area contributed by atoms with Crippen LogP contribution >= 0.6 is 0 Å². The molecule has 4 N–H and O–H groups in total. The fraction of sp³-hybridized carbons (Fsp3) is 0.333. The Balaban J connectivity index is 1.54. The summed E-state index contributed by atoms with van der Waals surface area (Å²) >= 11 is 0. The minimum absolute atomic E-state index is 0.0274. The second-order valence-corrected chi connectivity index (χ2v) is 7.63. The molecule has 168 valence electrons. The molecule has 0 radical (unpaired) electrons. The van der Waals surface area contributed by atoms with E-state index in [1.165, 1.54) is 6.42 Å².